The molecular weight excluding hydrogens is 286 g/mol. The van der Waals surface area contributed by atoms with Crippen molar-refractivity contribution in [3.8, 4) is 0 Å². The number of hydrogen-bond acceptors (Lipinski definition) is 5. The number of rotatable bonds is 4. The van der Waals surface area contributed by atoms with Gasteiger partial charge in [-0.05, 0) is 44.5 Å². The molecule has 0 spiro atoms. The van der Waals surface area contributed by atoms with Gasteiger partial charge in [-0.1, -0.05) is 18.0 Å². The number of piperidine rings is 1. The second kappa shape index (κ2) is 6.92. The van der Waals surface area contributed by atoms with E-state index < -0.39 is 0 Å². The second-order valence-electron chi connectivity index (χ2n) is 6.04. The Hall–Kier alpha value is -0.880. The average Bonchev–Trinajstić information content (AvgIpc) is 2.99. The lowest BCUT2D eigenvalue weighted by Gasteiger charge is -2.32. The number of aromatic nitrogens is 1. The summed E-state index contributed by atoms with van der Waals surface area (Å²) in [5, 5.41) is 0.718. The zero-order valence-corrected chi connectivity index (χ0v) is 13.1. The summed E-state index contributed by atoms with van der Waals surface area (Å²) in [4.78, 5) is 9.58. The third kappa shape index (κ3) is 3.66. The summed E-state index contributed by atoms with van der Waals surface area (Å²) in [6.07, 6.45) is 5.36. The van der Waals surface area contributed by atoms with Gasteiger partial charge >= 0.3 is 0 Å². The summed E-state index contributed by atoms with van der Waals surface area (Å²) < 4.78 is 0. The first-order chi connectivity index (χ1) is 10.3. The number of likely N-dealkylation sites (tertiary alicyclic amines) is 2. The Labute approximate surface area is 131 Å². The Morgan fingerprint density at radius 1 is 1.24 bits per heavy atom. The molecule has 1 unspecified atom stereocenters. The van der Waals surface area contributed by atoms with Crippen LogP contribution in [0.15, 0.2) is 12.1 Å². The van der Waals surface area contributed by atoms with Crippen LogP contribution in [-0.2, 0) is 6.54 Å². The second-order valence-corrected chi connectivity index (χ2v) is 6.45. The molecule has 0 amide bonds. The van der Waals surface area contributed by atoms with Crippen molar-refractivity contribution in [2.24, 2.45) is 5.84 Å². The highest BCUT2D eigenvalue weighted by Crippen LogP contribution is 2.24. The third-order valence-corrected chi connectivity index (χ3v) is 4.94. The molecule has 2 aliphatic heterocycles. The molecule has 21 heavy (non-hydrogen) atoms. The lowest BCUT2D eigenvalue weighted by atomic mass is 10.1. The monoisotopic (exact) mass is 309 g/mol. The number of anilines is 1. The zero-order valence-electron chi connectivity index (χ0n) is 12.4. The predicted molar refractivity (Wildman–Crippen MR) is 86.2 cm³/mol. The number of nitrogens with one attached hydrogen (secondary N) is 1. The van der Waals surface area contributed by atoms with Crippen molar-refractivity contribution in [3.05, 3.63) is 22.8 Å². The molecule has 3 rings (SSSR count). The van der Waals surface area contributed by atoms with E-state index in [1.54, 1.807) is 6.07 Å². The Balaban J connectivity index is 1.59. The van der Waals surface area contributed by atoms with Crippen molar-refractivity contribution < 1.29 is 0 Å². The summed E-state index contributed by atoms with van der Waals surface area (Å²) in [5.74, 6) is 6.09. The van der Waals surface area contributed by atoms with Crippen molar-refractivity contribution in [1.82, 2.24) is 14.8 Å². The maximum Gasteiger partial charge on any atom is 0.140 e. The highest BCUT2D eigenvalue weighted by Gasteiger charge is 2.28. The Bertz CT molecular complexity index is 475. The molecule has 1 aromatic rings. The SMILES string of the molecule is NNc1ccc(Cl)c(CN2CCC(N3CCCCC3)C2)n1. The van der Waals surface area contributed by atoms with Crippen LogP contribution >= 0.6 is 11.6 Å². The lowest BCUT2D eigenvalue weighted by Crippen LogP contribution is -2.40. The topological polar surface area (TPSA) is 57.4 Å². The number of hydrogen-bond donors (Lipinski definition) is 2. The predicted octanol–water partition coefficient (Wildman–Crippen LogP) is 2.08. The zero-order chi connectivity index (χ0) is 14.7. The molecule has 0 saturated carbocycles. The molecule has 0 radical (unpaired) electrons. The summed E-state index contributed by atoms with van der Waals surface area (Å²) in [7, 11) is 0. The highest BCUT2D eigenvalue weighted by atomic mass is 35.5. The molecule has 3 N–H and O–H groups in total. The number of nitrogens with zero attached hydrogens (tertiary/aromatic N) is 3. The minimum atomic E-state index is 0.668. The van der Waals surface area contributed by atoms with E-state index in [1.807, 2.05) is 6.07 Å². The van der Waals surface area contributed by atoms with E-state index in [1.165, 1.54) is 38.8 Å². The lowest BCUT2D eigenvalue weighted by molar-refractivity contribution is 0.161. The molecule has 2 fully saturated rings. The van der Waals surface area contributed by atoms with Crippen LogP contribution in [0.5, 0.6) is 0 Å². The van der Waals surface area contributed by atoms with Gasteiger partial charge in [0.2, 0.25) is 0 Å². The third-order valence-electron chi connectivity index (χ3n) is 4.59. The fourth-order valence-electron chi connectivity index (χ4n) is 3.42. The van der Waals surface area contributed by atoms with Gasteiger partial charge in [0.15, 0.2) is 0 Å². The number of pyridine rings is 1. The van der Waals surface area contributed by atoms with Gasteiger partial charge in [-0.15, -0.1) is 0 Å². The molecule has 0 aliphatic carbocycles. The molecule has 5 nitrogen and oxygen atoms in total. The van der Waals surface area contributed by atoms with Gasteiger partial charge in [-0.2, -0.15) is 0 Å². The van der Waals surface area contributed by atoms with Gasteiger partial charge in [0.05, 0.1) is 10.7 Å². The maximum absolute atomic E-state index is 6.25. The summed E-state index contributed by atoms with van der Waals surface area (Å²) >= 11 is 6.25. The van der Waals surface area contributed by atoms with Crippen molar-refractivity contribution in [1.29, 1.82) is 0 Å². The fraction of sp³-hybridized carbons (Fsp3) is 0.667. The van der Waals surface area contributed by atoms with Gasteiger partial charge in [-0.3, -0.25) is 9.80 Å². The normalized spacial score (nSPS) is 24.4. The van der Waals surface area contributed by atoms with E-state index in [0.29, 0.717) is 11.9 Å². The first kappa shape index (κ1) is 15.0. The molecule has 116 valence electrons. The van der Waals surface area contributed by atoms with Crippen LogP contribution in [0.1, 0.15) is 31.4 Å². The first-order valence-corrected chi connectivity index (χ1v) is 8.22. The van der Waals surface area contributed by atoms with Crippen molar-refractivity contribution >= 4 is 17.4 Å². The number of nitrogens with two attached hydrogens (primary N) is 1. The molecule has 3 heterocycles. The molecule has 6 heteroatoms. The van der Waals surface area contributed by atoms with Crippen LogP contribution in [0.3, 0.4) is 0 Å². The summed E-state index contributed by atoms with van der Waals surface area (Å²) in [5.41, 5.74) is 3.49. The Morgan fingerprint density at radius 3 is 2.81 bits per heavy atom. The molecular formula is C15H24ClN5. The van der Waals surface area contributed by atoms with Crippen LogP contribution in [0.2, 0.25) is 5.02 Å². The smallest absolute Gasteiger partial charge is 0.140 e. The van der Waals surface area contributed by atoms with Crippen LogP contribution < -0.4 is 11.3 Å². The van der Waals surface area contributed by atoms with E-state index in [-0.39, 0.29) is 0 Å². The van der Waals surface area contributed by atoms with E-state index in [9.17, 15) is 0 Å². The van der Waals surface area contributed by atoms with Crippen molar-refractivity contribution in [2.45, 2.75) is 38.3 Å². The first-order valence-electron chi connectivity index (χ1n) is 7.84. The van der Waals surface area contributed by atoms with Crippen LogP contribution in [0, 0.1) is 0 Å². The highest BCUT2D eigenvalue weighted by molar-refractivity contribution is 6.31. The molecule has 1 atom stereocenters. The standard InChI is InChI=1S/C15H24ClN5/c16-13-4-5-15(19-17)18-14(13)11-20-9-6-12(10-20)21-7-2-1-3-8-21/h4-5,12H,1-3,6-11,17H2,(H,18,19). The van der Waals surface area contributed by atoms with E-state index in [2.05, 4.69) is 20.2 Å². The van der Waals surface area contributed by atoms with Gasteiger partial charge in [0, 0.05) is 25.7 Å². The average molecular weight is 310 g/mol. The number of nitrogen functional groups attached to an aromatic ring is 1. The van der Waals surface area contributed by atoms with Crippen molar-refractivity contribution in [2.75, 3.05) is 31.6 Å². The quantitative estimate of drug-likeness (QED) is 0.659. The van der Waals surface area contributed by atoms with Gasteiger partial charge < -0.3 is 5.43 Å². The number of halogens is 1. The molecule has 0 aromatic carbocycles. The van der Waals surface area contributed by atoms with Crippen LogP contribution in [0.4, 0.5) is 5.82 Å². The molecule has 1 aromatic heterocycles. The minimum Gasteiger partial charge on any atom is -0.308 e. The van der Waals surface area contributed by atoms with Crippen LogP contribution in [0.25, 0.3) is 0 Å². The fourth-order valence-corrected chi connectivity index (χ4v) is 3.59. The van der Waals surface area contributed by atoms with E-state index >= 15 is 0 Å². The van der Waals surface area contributed by atoms with Gasteiger partial charge in [0.1, 0.15) is 5.82 Å². The Morgan fingerprint density at radius 2 is 2.05 bits per heavy atom. The van der Waals surface area contributed by atoms with E-state index in [4.69, 9.17) is 17.4 Å². The summed E-state index contributed by atoms with van der Waals surface area (Å²) in [6, 6.07) is 4.36. The molecule has 2 aliphatic rings. The molecule has 0 bridgehead atoms. The van der Waals surface area contributed by atoms with E-state index in [0.717, 1.165) is 30.4 Å². The van der Waals surface area contributed by atoms with Crippen molar-refractivity contribution in [3.63, 3.8) is 0 Å². The minimum absolute atomic E-state index is 0.668. The Kier molecular flexibility index (Phi) is 4.95. The molecule has 2 saturated heterocycles. The summed E-state index contributed by atoms with van der Waals surface area (Å²) in [6.45, 7) is 5.59. The number of hydrazine groups is 1. The van der Waals surface area contributed by atoms with Gasteiger partial charge in [0.25, 0.3) is 0 Å². The van der Waals surface area contributed by atoms with Crippen LogP contribution in [-0.4, -0.2) is 47.0 Å². The van der Waals surface area contributed by atoms with Gasteiger partial charge in [-0.25, -0.2) is 10.8 Å². The largest absolute Gasteiger partial charge is 0.308 e. The maximum atomic E-state index is 6.25.